The van der Waals surface area contributed by atoms with E-state index in [1.807, 2.05) is 12.1 Å². The van der Waals surface area contributed by atoms with Crippen molar-refractivity contribution in [1.29, 1.82) is 0 Å². The lowest BCUT2D eigenvalue weighted by Crippen LogP contribution is -2.06. The number of carboxylic acids is 1. The molecule has 1 fully saturated rings. The first-order valence-electron chi connectivity index (χ1n) is 5.94. The van der Waals surface area contributed by atoms with E-state index in [0.717, 1.165) is 5.56 Å². The van der Waals surface area contributed by atoms with Gasteiger partial charge in [-0.3, -0.25) is 0 Å². The molecule has 0 bridgehead atoms. The van der Waals surface area contributed by atoms with Crippen LogP contribution in [0.4, 0.5) is 0 Å². The summed E-state index contributed by atoms with van der Waals surface area (Å²) in [5.41, 5.74) is 2.44. The second kappa shape index (κ2) is 4.25. The van der Waals surface area contributed by atoms with Crippen LogP contribution in [0.15, 0.2) is 30.5 Å². The van der Waals surface area contributed by atoms with Crippen molar-refractivity contribution in [1.82, 2.24) is 15.0 Å². The number of hydrogen-bond donors (Lipinski definition) is 1. The van der Waals surface area contributed by atoms with Gasteiger partial charge in [0, 0.05) is 0 Å². The molecule has 3 rings (SSSR count). The summed E-state index contributed by atoms with van der Waals surface area (Å²) in [5.74, 6) is -0.335. The van der Waals surface area contributed by atoms with Crippen molar-refractivity contribution < 1.29 is 9.90 Å². The lowest BCUT2D eigenvalue weighted by atomic mass is 10.1. The monoisotopic (exact) mass is 243 g/mol. The molecule has 0 unspecified atom stereocenters. The standard InChI is InChI=1S/C13H13N3O2/c17-13(18)12-7-14-16(15-12)8-9-2-1-3-11(6-9)10-4-5-10/h1-3,6-7,10H,4-5,8H2,(H,17,18). The van der Waals surface area contributed by atoms with Crippen LogP contribution in [0.1, 0.15) is 40.4 Å². The summed E-state index contributed by atoms with van der Waals surface area (Å²) in [4.78, 5) is 12.1. The number of benzene rings is 1. The van der Waals surface area contributed by atoms with Crippen LogP contribution in [0.5, 0.6) is 0 Å². The summed E-state index contributed by atoms with van der Waals surface area (Å²) < 4.78 is 0. The molecule has 18 heavy (non-hydrogen) atoms. The zero-order valence-electron chi connectivity index (χ0n) is 9.78. The van der Waals surface area contributed by atoms with Crippen molar-refractivity contribution in [2.45, 2.75) is 25.3 Å². The first-order valence-corrected chi connectivity index (χ1v) is 5.94. The van der Waals surface area contributed by atoms with Crippen molar-refractivity contribution in [3.05, 3.63) is 47.3 Å². The third-order valence-electron chi connectivity index (χ3n) is 3.08. The van der Waals surface area contributed by atoms with E-state index in [2.05, 4.69) is 22.3 Å². The molecule has 1 aromatic carbocycles. The van der Waals surface area contributed by atoms with E-state index < -0.39 is 5.97 Å². The highest BCUT2D eigenvalue weighted by molar-refractivity contribution is 5.84. The number of aromatic carboxylic acids is 1. The summed E-state index contributed by atoms with van der Waals surface area (Å²) in [6.45, 7) is 0.508. The third-order valence-corrected chi connectivity index (χ3v) is 3.08. The molecule has 1 heterocycles. The van der Waals surface area contributed by atoms with Gasteiger partial charge in [0.1, 0.15) is 0 Å². The van der Waals surface area contributed by atoms with Gasteiger partial charge in [0.05, 0.1) is 12.7 Å². The molecule has 1 N–H and O–H groups in total. The van der Waals surface area contributed by atoms with E-state index in [0.29, 0.717) is 12.5 Å². The van der Waals surface area contributed by atoms with E-state index in [-0.39, 0.29) is 5.69 Å². The molecule has 0 atom stereocenters. The summed E-state index contributed by atoms with van der Waals surface area (Å²) in [6, 6.07) is 8.34. The molecule has 0 spiro atoms. The maximum atomic E-state index is 10.7. The van der Waals surface area contributed by atoms with Gasteiger partial charge < -0.3 is 5.11 Å². The number of carboxylic acid groups (broad SMARTS) is 1. The highest BCUT2D eigenvalue weighted by atomic mass is 16.4. The first kappa shape index (κ1) is 11.0. The number of nitrogens with zero attached hydrogens (tertiary/aromatic N) is 3. The van der Waals surface area contributed by atoms with E-state index in [4.69, 9.17) is 5.11 Å². The number of carbonyl (C=O) groups is 1. The van der Waals surface area contributed by atoms with Crippen molar-refractivity contribution in [3.8, 4) is 0 Å². The van der Waals surface area contributed by atoms with Crippen LogP contribution in [0.25, 0.3) is 0 Å². The Morgan fingerprint density at radius 1 is 1.44 bits per heavy atom. The van der Waals surface area contributed by atoms with Gasteiger partial charge in [0.25, 0.3) is 0 Å². The Balaban J connectivity index is 1.78. The topological polar surface area (TPSA) is 68.0 Å². The smallest absolute Gasteiger partial charge is 0.358 e. The van der Waals surface area contributed by atoms with Crippen molar-refractivity contribution >= 4 is 5.97 Å². The Hall–Kier alpha value is -2.17. The second-order valence-electron chi connectivity index (χ2n) is 4.58. The van der Waals surface area contributed by atoms with Gasteiger partial charge in [-0.2, -0.15) is 9.90 Å². The molecule has 0 aliphatic heterocycles. The van der Waals surface area contributed by atoms with Crippen LogP contribution in [0.3, 0.4) is 0 Å². The van der Waals surface area contributed by atoms with Crippen LogP contribution in [0.2, 0.25) is 0 Å². The molecule has 0 saturated heterocycles. The number of rotatable bonds is 4. The molecule has 1 aliphatic rings. The molecular formula is C13H13N3O2. The summed E-state index contributed by atoms with van der Waals surface area (Å²) >= 11 is 0. The average Bonchev–Trinajstić information content (AvgIpc) is 3.10. The van der Waals surface area contributed by atoms with Gasteiger partial charge >= 0.3 is 5.97 Å². The molecule has 5 heteroatoms. The molecule has 0 amide bonds. The van der Waals surface area contributed by atoms with Crippen molar-refractivity contribution in [2.75, 3.05) is 0 Å². The van der Waals surface area contributed by atoms with Gasteiger partial charge in [-0.15, -0.1) is 5.10 Å². The lowest BCUT2D eigenvalue weighted by molar-refractivity contribution is 0.0689. The van der Waals surface area contributed by atoms with Crippen molar-refractivity contribution in [3.63, 3.8) is 0 Å². The van der Waals surface area contributed by atoms with E-state index in [1.165, 1.54) is 29.4 Å². The van der Waals surface area contributed by atoms with E-state index >= 15 is 0 Å². The second-order valence-corrected chi connectivity index (χ2v) is 4.58. The van der Waals surface area contributed by atoms with Crippen LogP contribution in [-0.2, 0) is 6.54 Å². The zero-order valence-corrected chi connectivity index (χ0v) is 9.78. The fourth-order valence-electron chi connectivity index (χ4n) is 2.00. The average molecular weight is 243 g/mol. The Bertz CT molecular complexity index is 587. The molecule has 2 aromatic rings. The van der Waals surface area contributed by atoms with Crippen LogP contribution in [0, 0.1) is 0 Å². The van der Waals surface area contributed by atoms with Crippen LogP contribution in [-0.4, -0.2) is 26.1 Å². The molecule has 92 valence electrons. The van der Waals surface area contributed by atoms with Crippen LogP contribution < -0.4 is 0 Å². The zero-order chi connectivity index (χ0) is 12.5. The normalized spacial score (nSPS) is 14.7. The lowest BCUT2D eigenvalue weighted by Gasteiger charge is -2.03. The Morgan fingerprint density at radius 3 is 2.94 bits per heavy atom. The fourth-order valence-corrected chi connectivity index (χ4v) is 2.00. The quantitative estimate of drug-likeness (QED) is 0.890. The highest BCUT2D eigenvalue weighted by Crippen LogP contribution is 2.40. The molecule has 5 nitrogen and oxygen atoms in total. The van der Waals surface area contributed by atoms with Crippen LogP contribution >= 0.6 is 0 Å². The maximum Gasteiger partial charge on any atom is 0.358 e. The third kappa shape index (κ3) is 2.25. The minimum atomic E-state index is -1.05. The van der Waals surface area contributed by atoms with Gasteiger partial charge in [-0.05, 0) is 29.9 Å². The first-order chi connectivity index (χ1) is 8.72. The van der Waals surface area contributed by atoms with Gasteiger partial charge in [0.15, 0.2) is 5.69 Å². The van der Waals surface area contributed by atoms with Gasteiger partial charge in [-0.1, -0.05) is 24.3 Å². The number of hydrogen-bond acceptors (Lipinski definition) is 3. The molecule has 1 aliphatic carbocycles. The molecule has 1 aromatic heterocycles. The largest absolute Gasteiger partial charge is 0.476 e. The fraction of sp³-hybridized carbons (Fsp3) is 0.308. The SMILES string of the molecule is O=C(O)c1cnn(Cc2cccc(C3CC3)c2)n1. The summed E-state index contributed by atoms with van der Waals surface area (Å²) in [6.07, 6.45) is 3.81. The number of aromatic nitrogens is 3. The van der Waals surface area contributed by atoms with Crippen molar-refractivity contribution in [2.24, 2.45) is 0 Å². The summed E-state index contributed by atoms with van der Waals surface area (Å²) in [5, 5.41) is 16.6. The van der Waals surface area contributed by atoms with Gasteiger partial charge in [-0.25, -0.2) is 4.79 Å². The predicted octanol–water partition coefficient (Wildman–Crippen LogP) is 1.90. The van der Waals surface area contributed by atoms with E-state index in [9.17, 15) is 4.79 Å². The minimum Gasteiger partial charge on any atom is -0.476 e. The Labute approximate surface area is 104 Å². The molecular weight excluding hydrogens is 230 g/mol. The maximum absolute atomic E-state index is 10.7. The highest BCUT2D eigenvalue weighted by Gasteiger charge is 2.23. The minimum absolute atomic E-state index is 0.0200. The van der Waals surface area contributed by atoms with E-state index in [1.54, 1.807) is 0 Å². The Morgan fingerprint density at radius 2 is 2.28 bits per heavy atom. The summed E-state index contributed by atoms with van der Waals surface area (Å²) in [7, 11) is 0. The molecule has 1 saturated carbocycles. The predicted molar refractivity (Wildman–Crippen MR) is 64.5 cm³/mol. The van der Waals surface area contributed by atoms with Gasteiger partial charge in [0.2, 0.25) is 0 Å². The molecule has 0 radical (unpaired) electrons. The Kier molecular flexibility index (Phi) is 2.59.